The summed E-state index contributed by atoms with van der Waals surface area (Å²) in [5.74, 6) is 0.925. The average molecular weight is 304 g/mol. The van der Waals surface area contributed by atoms with Crippen LogP contribution in [0.4, 0.5) is 0 Å². The van der Waals surface area contributed by atoms with Crippen LogP contribution in [0.15, 0.2) is 9.31 Å². The number of aryl methyl sites for hydroxylation is 2. The predicted molar refractivity (Wildman–Crippen MR) is 77.0 cm³/mol. The summed E-state index contributed by atoms with van der Waals surface area (Å²) in [6.45, 7) is 7.09. The summed E-state index contributed by atoms with van der Waals surface area (Å²) in [6, 6.07) is 0. The Labute approximate surface area is 120 Å². The SMILES string of the molecule is CCCOCCCNS(=O)(=O)c1c(C)oc(C)c1CN. The lowest BCUT2D eigenvalue weighted by Crippen LogP contribution is -2.27. The first-order valence-corrected chi connectivity index (χ1v) is 8.28. The smallest absolute Gasteiger partial charge is 0.244 e. The predicted octanol–water partition coefficient (Wildman–Crippen LogP) is 1.45. The fourth-order valence-corrected chi connectivity index (χ4v) is 3.53. The van der Waals surface area contributed by atoms with Gasteiger partial charge in [0.05, 0.1) is 0 Å². The summed E-state index contributed by atoms with van der Waals surface area (Å²) in [5.41, 5.74) is 6.14. The third-order valence-electron chi connectivity index (χ3n) is 2.90. The number of hydrogen-bond acceptors (Lipinski definition) is 5. The lowest BCUT2D eigenvalue weighted by atomic mass is 10.2. The zero-order valence-electron chi connectivity index (χ0n) is 12.4. The van der Waals surface area contributed by atoms with Crippen LogP contribution in [0, 0.1) is 13.8 Å². The molecule has 7 heteroatoms. The van der Waals surface area contributed by atoms with Crippen molar-refractivity contribution in [2.24, 2.45) is 5.73 Å². The maximum atomic E-state index is 12.3. The number of furan rings is 1. The zero-order chi connectivity index (χ0) is 15.2. The molecule has 0 aliphatic carbocycles. The van der Waals surface area contributed by atoms with E-state index in [1.807, 2.05) is 6.92 Å². The molecule has 0 radical (unpaired) electrons. The number of rotatable bonds is 9. The summed E-state index contributed by atoms with van der Waals surface area (Å²) in [7, 11) is -3.58. The quantitative estimate of drug-likeness (QED) is 0.673. The van der Waals surface area contributed by atoms with Gasteiger partial charge in [0.15, 0.2) is 0 Å². The van der Waals surface area contributed by atoms with Crippen molar-refractivity contribution >= 4 is 10.0 Å². The van der Waals surface area contributed by atoms with Crippen LogP contribution >= 0.6 is 0 Å². The summed E-state index contributed by atoms with van der Waals surface area (Å²) in [6.07, 6.45) is 1.59. The van der Waals surface area contributed by atoms with Crippen molar-refractivity contribution in [3.8, 4) is 0 Å². The van der Waals surface area contributed by atoms with Gasteiger partial charge in [0.2, 0.25) is 10.0 Å². The van der Waals surface area contributed by atoms with E-state index in [1.54, 1.807) is 13.8 Å². The minimum atomic E-state index is -3.58. The second-order valence-electron chi connectivity index (χ2n) is 4.59. The molecule has 1 aromatic rings. The first-order valence-electron chi connectivity index (χ1n) is 6.80. The molecule has 0 atom stereocenters. The molecule has 0 amide bonds. The van der Waals surface area contributed by atoms with Crippen molar-refractivity contribution in [1.29, 1.82) is 0 Å². The van der Waals surface area contributed by atoms with Gasteiger partial charge in [-0.1, -0.05) is 6.92 Å². The molecule has 3 N–H and O–H groups in total. The van der Waals surface area contributed by atoms with Crippen molar-refractivity contribution in [3.63, 3.8) is 0 Å². The van der Waals surface area contributed by atoms with Gasteiger partial charge in [-0.3, -0.25) is 0 Å². The van der Waals surface area contributed by atoms with Crippen LogP contribution in [0.25, 0.3) is 0 Å². The molecule has 0 spiro atoms. The standard InChI is InChI=1S/C13H24N2O4S/c1-4-7-18-8-5-6-15-20(16,17)13-11(3)19-10(2)12(13)9-14/h15H,4-9,14H2,1-3H3. The molecule has 0 aliphatic rings. The fourth-order valence-electron chi connectivity index (χ4n) is 2.00. The Bertz CT molecular complexity index is 523. The van der Waals surface area contributed by atoms with Crippen LogP contribution in [0.5, 0.6) is 0 Å². The van der Waals surface area contributed by atoms with Crippen molar-refractivity contribution in [3.05, 3.63) is 17.1 Å². The van der Waals surface area contributed by atoms with Gasteiger partial charge in [0, 0.05) is 31.9 Å². The first kappa shape index (κ1) is 17.2. The first-order chi connectivity index (χ1) is 9.44. The molecule has 0 unspecified atom stereocenters. The molecule has 1 aromatic heterocycles. The second kappa shape index (κ2) is 7.78. The van der Waals surface area contributed by atoms with Crippen molar-refractivity contribution in [2.75, 3.05) is 19.8 Å². The van der Waals surface area contributed by atoms with Crippen LogP contribution in [0.1, 0.15) is 36.8 Å². The molecule has 0 fully saturated rings. The van der Waals surface area contributed by atoms with Gasteiger partial charge in [0.25, 0.3) is 0 Å². The van der Waals surface area contributed by atoms with Gasteiger partial charge in [0.1, 0.15) is 16.4 Å². The average Bonchev–Trinajstić information content (AvgIpc) is 2.68. The minimum absolute atomic E-state index is 0.138. The number of ether oxygens (including phenoxy) is 1. The zero-order valence-corrected chi connectivity index (χ0v) is 13.2. The Balaban J connectivity index is 2.65. The summed E-state index contributed by atoms with van der Waals surface area (Å²) in [4.78, 5) is 0.173. The molecule has 0 aromatic carbocycles. The summed E-state index contributed by atoms with van der Waals surface area (Å²) in [5, 5.41) is 0. The summed E-state index contributed by atoms with van der Waals surface area (Å²) < 4.78 is 37.8. The Morgan fingerprint density at radius 1 is 1.25 bits per heavy atom. The highest BCUT2D eigenvalue weighted by Crippen LogP contribution is 2.25. The van der Waals surface area contributed by atoms with Crippen LogP contribution in [0.2, 0.25) is 0 Å². The Kier molecular flexibility index (Phi) is 6.67. The van der Waals surface area contributed by atoms with E-state index >= 15 is 0 Å². The van der Waals surface area contributed by atoms with Gasteiger partial charge in [-0.25, -0.2) is 13.1 Å². The topological polar surface area (TPSA) is 94.6 Å². The lowest BCUT2D eigenvalue weighted by Gasteiger charge is -2.08. The molecule has 0 bridgehead atoms. The molecule has 6 nitrogen and oxygen atoms in total. The normalized spacial score (nSPS) is 12.0. The highest BCUT2D eigenvalue weighted by molar-refractivity contribution is 7.89. The van der Waals surface area contributed by atoms with E-state index in [9.17, 15) is 8.42 Å². The highest BCUT2D eigenvalue weighted by Gasteiger charge is 2.25. The van der Waals surface area contributed by atoms with E-state index in [4.69, 9.17) is 14.9 Å². The highest BCUT2D eigenvalue weighted by atomic mass is 32.2. The van der Waals surface area contributed by atoms with Crippen molar-refractivity contribution in [2.45, 2.75) is 45.1 Å². The van der Waals surface area contributed by atoms with Crippen molar-refractivity contribution in [1.82, 2.24) is 4.72 Å². The summed E-state index contributed by atoms with van der Waals surface area (Å²) >= 11 is 0. The van der Waals surface area contributed by atoms with Gasteiger partial charge < -0.3 is 14.9 Å². The molecule has 0 saturated heterocycles. The number of sulfonamides is 1. The van der Waals surface area contributed by atoms with E-state index in [0.29, 0.717) is 43.3 Å². The maximum Gasteiger partial charge on any atom is 0.244 e. The Morgan fingerprint density at radius 3 is 2.55 bits per heavy atom. The molecule has 1 rings (SSSR count). The molecule has 0 aliphatic heterocycles. The van der Waals surface area contributed by atoms with Gasteiger partial charge in [-0.2, -0.15) is 0 Å². The third-order valence-corrected chi connectivity index (χ3v) is 4.56. The van der Waals surface area contributed by atoms with Crippen LogP contribution in [0.3, 0.4) is 0 Å². The lowest BCUT2D eigenvalue weighted by molar-refractivity contribution is 0.133. The van der Waals surface area contributed by atoms with E-state index in [-0.39, 0.29) is 11.4 Å². The van der Waals surface area contributed by atoms with Crippen molar-refractivity contribution < 1.29 is 17.6 Å². The van der Waals surface area contributed by atoms with Crippen LogP contribution in [-0.4, -0.2) is 28.2 Å². The number of nitrogens with one attached hydrogen (secondary N) is 1. The Hall–Kier alpha value is -0.890. The van der Waals surface area contributed by atoms with E-state index in [1.165, 1.54) is 0 Å². The molecule has 1 heterocycles. The van der Waals surface area contributed by atoms with Gasteiger partial charge in [-0.15, -0.1) is 0 Å². The number of nitrogens with two attached hydrogens (primary N) is 1. The van der Waals surface area contributed by atoms with Gasteiger partial charge >= 0.3 is 0 Å². The molecular weight excluding hydrogens is 280 g/mol. The Morgan fingerprint density at radius 2 is 1.95 bits per heavy atom. The van der Waals surface area contributed by atoms with Gasteiger partial charge in [-0.05, 0) is 26.7 Å². The number of hydrogen-bond donors (Lipinski definition) is 2. The molecule has 20 heavy (non-hydrogen) atoms. The van der Waals surface area contributed by atoms with E-state index in [0.717, 1.165) is 6.42 Å². The molecule has 0 saturated carbocycles. The van der Waals surface area contributed by atoms with Crippen LogP contribution in [-0.2, 0) is 21.3 Å². The molecule has 116 valence electrons. The second-order valence-corrected chi connectivity index (χ2v) is 6.29. The largest absolute Gasteiger partial charge is 0.465 e. The molecular formula is C13H24N2O4S. The third kappa shape index (κ3) is 4.31. The maximum absolute atomic E-state index is 12.3. The van der Waals surface area contributed by atoms with Crippen LogP contribution < -0.4 is 10.5 Å². The van der Waals surface area contributed by atoms with E-state index in [2.05, 4.69) is 4.72 Å². The monoisotopic (exact) mass is 304 g/mol. The fraction of sp³-hybridized carbons (Fsp3) is 0.692. The van der Waals surface area contributed by atoms with E-state index < -0.39 is 10.0 Å². The minimum Gasteiger partial charge on any atom is -0.465 e.